The molecule has 1 fully saturated rings. The van der Waals surface area contributed by atoms with Gasteiger partial charge in [-0.2, -0.15) is 0 Å². The number of hydrogen-bond donors (Lipinski definition) is 1. The molecule has 0 spiro atoms. The van der Waals surface area contributed by atoms with Crippen LogP contribution in [-0.2, 0) is 11.3 Å². The second-order valence-corrected chi connectivity index (χ2v) is 6.58. The summed E-state index contributed by atoms with van der Waals surface area (Å²) in [7, 11) is 0. The first kappa shape index (κ1) is 12.8. The van der Waals surface area contributed by atoms with Crippen LogP contribution in [0.4, 0.5) is 4.79 Å². The van der Waals surface area contributed by atoms with Crippen LogP contribution in [0.25, 0.3) is 10.6 Å². The summed E-state index contributed by atoms with van der Waals surface area (Å²) in [4.78, 5) is 29.6. The van der Waals surface area contributed by atoms with E-state index in [-0.39, 0.29) is 25.0 Å². The average molecular weight is 358 g/mol. The minimum absolute atomic E-state index is 0.0769. The average Bonchev–Trinajstić information content (AvgIpc) is 3.06. The Balaban J connectivity index is 1.81. The first-order valence-corrected chi connectivity index (χ1v) is 7.96. The van der Waals surface area contributed by atoms with Crippen LogP contribution in [0.3, 0.4) is 0 Å². The van der Waals surface area contributed by atoms with Crippen molar-refractivity contribution in [2.75, 3.05) is 6.54 Å². The number of nitrogens with zero attached hydrogens (tertiary/aromatic N) is 2. The second-order valence-electron chi connectivity index (χ2n) is 3.86. The molecule has 0 aromatic carbocycles. The van der Waals surface area contributed by atoms with Gasteiger partial charge in [0.05, 0.1) is 23.7 Å². The van der Waals surface area contributed by atoms with Crippen molar-refractivity contribution < 1.29 is 9.59 Å². The van der Waals surface area contributed by atoms with Gasteiger partial charge in [0, 0.05) is 9.85 Å². The largest absolute Gasteiger partial charge is 0.329 e. The first-order valence-electron chi connectivity index (χ1n) is 5.41. The molecule has 5 nitrogen and oxygen atoms in total. The van der Waals surface area contributed by atoms with Gasteiger partial charge < -0.3 is 5.32 Å². The fourth-order valence-electron chi connectivity index (χ4n) is 1.71. The highest BCUT2D eigenvalue weighted by Crippen LogP contribution is 2.34. The molecule has 1 aliphatic rings. The van der Waals surface area contributed by atoms with Crippen molar-refractivity contribution in [3.8, 4) is 10.6 Å². The highest BCUT2D eigenvalue weighted by molar-refractivity contribution is 9.10. The molecule has 1 saturated heterocycles. The third-order valence-electron chi connectivity index (χ3n) is 2.63. The Labute approximate surface area is 125 Å². The highest BCUT2D eigenvalue weighted by Gasteiger charge is 2.29. The molecule has 2 aromatic heterocycles. The Morgan fingerprint density at radius 3 is 2.89 bits per heavy atom. The molecule has 8 heteroatoms. The third kappa shape index (κ3) is 2.43. The maximum Gasteiger partial charge on any atom is 0.324 e. The number of thiophene rings is 1. The van der Waals surface area contributed by atoms with Crippen LogP contribution in [0.2, 0.25) is 0 Å². The van der Waals surface area contributed by atoms with Gasteiger partial charge in [-0.25, -0.2) is 9.78 Å². The van der Waals surface area contributed by atoms with Crippen molar-refractivity contribution in [1.29, 1.82) is 0 Å². The van der Waals surface area contributed by atoms with Gasteiger partial charge in [-0.1, -0.05) is 0 Å². The summed E-state index contributed by atoms with van der Waals surface area (Å²) >= 11 is 6.51. The van der Waals surface area contributed by atoms with Crippen LogP contribution in [-0.4, -0.2) is 28.4 Å². The van der Waals surface area contributed by atoms with E-state index in [1.54, 1.807) is 11.3 Å². The number of imide groups is 1. The topological polar surface area (TPSA) is 62.3 Å². The minimum atomic E-state index is -0.348. The number of nitrogens with one attached hydrogen (secondary N) is 1. The number of rotatable bonds is 3. The zero-order chi connectivity index (χ0) is 13.4. The molecule has 0 bridgehead atoms. The van der Waals surface area contributed by atoms with E-state index in [0.29, 0.717) is 0 Å². The summed E-state index contributed by atoms with van der Waals surface area (Å²) in [5.74, 6) is -0.209. The number of hydrogen-bond acceptors (Lipinski definition) is 5. The number of halogens is 1. The lowest BCUT2D eigenvalue weighted by molar-refractivity contribution is -0.125. The normalized spacial score (nSPS) is 15.1. The van der Waals surface area contributed by atoms with E-state index in [2.05, 4.69) is 26.2 Å². The zero-order valence-electron chi connectivity index (χ0n) is 9.55. The number of carbonyl (C=O) groups is 2. The summed E-state index contributed by atoms with van der Waals surface area (Å²) < 4.78 is 1.00. The van der Waals surface area contributed by atoms with Gasteiger partial charge in [-0.3, -0.25) is 9.69 Å². The molecule has 1 aliphatic heterocycles. The number of urea groups is 1. The SMILES string of the molecule is O=C1CNC(=O)N1Cc1nc(-c2sccc2Br)cs1. The first-order chi connectivity index (χ1) is 9.15. The molecule has 98 valence electrons. The molecule has 19 heavy (non-hydrogen) atoms. The van der Waals surface area contributed by atoms with Crippen LogP contribution < -0.4 is 5.32 Å². The van der Waals surface area contributed by atoms with Gasteiger partial charge in [-0.15, -0.1) is 22.7 Å². The minimum Gasteiger partial charge on any atom is -0.329 e. The van der Waals surface area contributed by atoms with E-state index in [1.165, 1.54) is 16.2 Å². The van der Waals surface area contributed by atoms with E-state index in [9.17, 15) is 9.59 Å². The number of amides is 3. The monoisotopic (exact) mass is 357 g/mol. The predicted molar refractivity (Wildman–Crippen MR) is 77.1 cm³/mol. The molecule has 3 amide bonds. The van der Waals surface area contributed by atoms with Crippen molar-refractivity contribution in [1.82, 2.24) is 15.2 Å². The van der Waals surface area contributed by atoms with E-state index in [4.69, 9.17) is 0 Å². The van der Waals surface area contributed by atoms with Crippen molar-refractivity contribution >= 4 is 50.5 Å². The molecular formula is C11H8BrN3O2S2. The molecule has 3 heterocycles. The highest BCUT2D eigenvalue weighted by atomic mass is 79.9. The van der Waals surface area contributed by atoms with Gasteiger partial charge >= 0.3 is 6.03 Å². The fraction of sp³-hybridized carbons (Fsp3) is 0.182. The Bertz CT molecular complexity index is 636. The summed E-state index contributed by atoms with van der Waals surface area (Å²) in [6.07, 6.45) is 0. The summed E-state index contributed by atoms with van der Waals surface area (Å²) in [5, 5.41) is 7.16. The van der Waals surface area contributed by atoms with Gasteiger partial charge in [0.2, 0.25) is 5.91 Å². The predicted octanol–water partition coefficient (Wildman–Crippen LogP) is 2.69. The Kier molecular flexibility index (Phi) is 3.38. The van der Waals surface area contributed by atoms with E-state index >= 15 is 0 Å². The number of carbonyl (C=O) groups excluding carboxylic acids is 2. The van der Waals surface area contributed by atoms with E-state index < -0.39 is 0 Å². The lowest BCUT2D eigenvalue weighted by Gasteiger charge is -2.09. The van der Waals surface area contributed by atoms with Gasteiger partial charge in [0.15, 0.2) is 0 Å². The molecule has 0 radical (unpaired) electrons. The third-order valence-corrected chi connectivity index (χ3v) is 5.33. The second kappa shape index (κ2) is 5.03. The fourth-order valence-corrected chi connectivity index (χ4v) is 4.10. The smallest absolute Gasteiger partial charge is 0.324 e. The van der Waals surface area contributed by atoms with Crippen LogP contribution in [0, 0.1) is 0 Å². The standard InChI is InChI=1S/C11H8BrN3O2S2/c12-6-1-2-18-10(6)7-5-19-8(14-7)4-15-9(16)3-13-11(15)17/h1-2,5H,3-4H2,(H,13,17). The lowest BCUT2D eigenvalue weighted by atomic mass is 10.4. The van der Waals surface area contributed by atoms with Gasteiger partial charge in [0.1, 0.15) is 5.01 Å². The Morgan fingerprint density at radius 2 is 2.26 bits per heavy atom. The van der Waals surface area contributed by atoms with Crippen molar-refractivity contribution in [2.24, 2.45) is 0 Å². The molecule has 0 unspecified atom stereocenters. The molecule has 0 aliphatic carbocycles. The van der Waals surface area contributed by atoms with Crippen molar-refractivity contribution in [3.05, 3.63) is 26.3 Å². The van der Waals surface area contributed by atoms with Crippen LogP contribution in [0.1, 0.15) is 5.01 Å². The summed E-state index contributed by atoms with van der Waals surface area (Å²) in [6.45, 7) is 0.311. The quantitative estimate of drug-likeness (QED) is 0.859. The zero-order valence-corrected chi connectivity index (χ0v) is 12.8. The maximum absolute atomic E-state index is 11.5. The number of aromatic nitrogens is 1. The van der Waals surface area contributed by atoms with Gasteiger partial charge in [0.25, 0.3) is 0 Å². The Morgan fingerprint density at radius 1 is 1.42 bits per heavy atom. The Hall–Kier alpha value is -1.25. The molecule has 1 N–H and O–H groups in total. The lowest BCUT2D eigenvalue weighted by Crippen LogP contribution is -2.30. The van der Waals surface area contributed by atoms with Crippen LogP contribution in [0.15, 0.2) is 21.3 Å². The van der Waals surface area contributed by atoms with Gasteiger partial charge in [-0.05, 0) is 27.4 Å². The number of thiazole rings is 1. The van der Waals surface area contributed by atoms with Crippen molar-refractivity contribution in [3.63, 3.8) is 0 Å². The molecular weight excluding hydrogens is 350 g/mol. The molecule has 0 saturated carbocycles. The molecule has 0 atom stereocenters. The van der Waals surface area contributed by atoms with Crippen LogP contribution in [0.5, 0.6) is 0 Å². The van der Waals surface area contributed by atoms with Crippen molar-refractivity contribution in [2.45, 2.75) is 6.54 Å². The summed E-state index contributed by atoms with van der Waals surface area (Å²) in [5.41, 5.74) is 0.869. The maximum atomic E-state index is 11.5. The molecule has 3 rings (SSSR count). The summed E-state index contributed by atoms with van der Waals surface area (Å²) in [6, 6.07) is 1.62. The molecule has 2 aromatic rings. The van der Waals surface area contributed by atoms with Crippen LogP contribution >= 0.6 is 38.6 Å². The van der Waals surface area contributed by atoms with E-state index in [0.717, 1.165) is 20.1 Å². The van der Waals surface area contributed by atoms with E-state index in [1.807, 2.05) is 16.8 Å².